The molecule has 0 fully saturated rings. The standard InChI is InChI=1S/C16H14F3NO2S/c1-22-10-2-4-11(5-3-10)23-9-8-14(21)20-13-7-6-12(17)15(18)16(13)19/h2-7H,8-9H2,1H3,(H,20,21). The summed E-state index contributed by atoms with van der Waals surface area (Å²) in [4.78, 5) is 12.7. The molecule has 0 heterocycles. The minimum Gasteiger partial charge on any atom is -0.497 e. The van der Waals surface area contributed by atoms with E-state index in [2.05, 4.69) is 5.32 Å². The van der Waals surface area contributed by atoms with E-state index in [1.165, 1.54) is 11.8 Å². The zero-order chi connectivity index (χ0) is 16.8. The molecule has 0 saturated carbocycles. The first-order valence-electron chi connectivity index (χ1n) is 6.71. The number of methoxy groups -OCH3 is 1. The first-order chi connectivity index (χ1) is 11.0. The number of amides is 1. The van der Waals surface area contributed by atoms with Crippen molar-refractivity contribution < 1.29 is 22.7 Å². The van der Waals surface area contributed by atoms with Crippen LogP contribution in [-0.4, -0.2) is 18.8 Å². The average molecular weight is 341 g/mol. The lowest BCUT2D eigenvalue weighted by atomic mass is 10.2. The smallest absolute Gasteiger partial charge is 0.225 e. The van der Waals surface area contributed by atoms with Crippen LogP contribution in [0.5, 0.6) is 5.75 Å². The molecule has 0 aliphatic carbocycles. The molecule has 3 nitrogen and oxygen atoms in total. The molecule has 0 aliphatic rings. The third kappa shape index (κ3) is 4.66. The van der Waals surface area contributed by atoms with Gasteiger partial charge in [0.05, 0.1) is 12.8 Å². The van der Waals surface area contributed by atoms with Crippen LogP contribution < -0.4 is 10.1 Å². The second-order valence-corrected chi connectivity index (χ2v) is 5.71. The van der Waals surface area contributed by atoms with Crippen LogP contribution in [0.2, 0.25) is 0 Å². The van der Waals surface area contributed by atoms with Gasteiger partial charge in [0.25, 0.3) is 0 Å². The predicted molar refractivity (Wildman–Crippen MR) is 83.3 cm³/mol. The third-order valence-corrected chi connectivity index (χ3v) is 3.98. The van der Waals surface area contributed by atoms with E-state index in [0.717, 1.165) is 22.8 Å². The number of hydrogen-bond acceptors (Lipinski definition) is 3. The molecular formula is C16H14F3NO2S. The van der Waals surface area contributed by atoms with Crippen LogP contribution in [0.4, 0.5) is 18.9 Å². The number of carbonyl (C=O) groups excluding carboxylic acids is 1. The van der Waals surface area contributed by atoms with E-state index in [4.69, 9.17) is 4.74 Å². The van der Waals surface area contributed by atoms with E-state index >= 15 is 0 Å². The quantitative estimate of drug-likeness (QED) is 0.631. The van der Waals surface area contributed by atoms with Gasteiger partial charge in [-0.25, -0.2) is 13.2 Å². The highest BCUT2D eigenvalue weighted by molar-refractivity contribution is 7.99. The van der Waals surface area contributed by atoms with Crippen molar-refractivity contribution in [2.45, 2.75) is 11.3 Å². The van der Waals surface area contributed by atoms with Gasteiger partial charge in [0.15, 0.2) is 17.5 Å². The molecule has 0 radical (unpaired) electrons. The molecule has 2 aromatic carbocycles. The molecule has 0 unspecified atom stereocenters. The second kappa shape index (κ2) is 7.92. The number of anilines is 1. The molecule has 1 N–H and O–H groups in total. The van der Waals surface area contributed by atoms with Crippen molar-refractivity contribution in [3.63, 3.8) is 0 Å². The molecule has 122 valence electrons. The van der Waals surface area contributed by atoms with E-state index in [1.807, 2.05) is 12.1 Å². The third-order valence-electron chi connectivity index (χ3n) is 2.97. The summed E-state index contributed by atoms with van der Waals surface area (Å²) in [5.41, 5.74) is -0.372. The zero-order valence-electron chi connectivity index (χ0n) is 12.2. The van der Waals surface area contributed by atoms with Gasteiger partial charge in [-0.2, -0.15) is 0 Å². The van der Waals surface area contributed by atoms with Gasteiger partial charge in [0, 0.05) is 17.1 Å². The monoisotopic (exact) mass is 341 g/mol. The Morgan fingerprint density at radius 1 is 1.09 bits per heavy atom. The molecule has 0 aromatic heterocycles. The van der Waals surface area contributed by atoms with Crippen molar-refractivity contribution in [2.24, 2.45) is 0 Å². The van der Waals surface area contributed by atoms with E-state index < -0.39 is 23.4 Å². The maximum Gasteiger partial charge on any atom is 0.225 e. The molecule has 2 rings (SSSR count). The summed E-state index contributed by atoms with van der Waals surface area (Å²) < 4.78 is 44.3. The Morgan fingerprint density at radius 3 is 2.43 bits per heavy atom. The van der Waals surface area contributed by atoms with E-state index in [-0.39, 0.29) is 12.1 Å². The molecule has 0 atom stereocenters. The Bertz CT molecular complexity index is 692. The number of nitrogens with one attached hydrogen (secondary N) is 1. The van der Waals surface area contributed by atoms with E-state index in [1.54, 1.807) is 19.2 Å². The number of thioether (sulfide) groups is 1. The SMILES string of the molecule is COc1ccc(SCCC(=O)Nc2ccc(F)c(F)c2F)cc1. The Morgan fingerprint density at radius 2 is 1.78 bits per heavy atom. The highest BCUT2D eigenvalue weighted by atomic mass is 32.2. The van der Waals surface area contributed by atoms with Crippen molar-refractivity contribution in [2.75, 3.05) is 18.2 Å². The first kappa shape index (κ1) is 17.2. The summed E-state index contributed by atoms with van der Waals surface area (Å²) in [6, 6.07) is 9.08. The number of halogens is 3. The predicted octanol–water partition coefficient (Wildman–Crippen LogP) is 4.23. The molecule has 23 heavy (non-hydrogen) atoms. The summed E-state index contributed by atoms with van der Waals surface area (Å²) in [5, 5.41) is 2.23. The van der Waals surface area contributed by atoms with Gasteiger partial charge in [-0.3, -0.25) is 4.79 Å². The highest BCUT2D eigenvalue weighted by Crippen LogP contribution is 2.23. The minimum atomic E-state index is -1.60. The van der Waals surface area contributed by atoms with Crippen LogP contribution in [-0.2, 0) is 4.79 Å². The van der Waals surface area contributed by atoms with Crippen molar-refractivity contribution in [3.8, 4) is 5.75 Å². The van der Waals surface area contributed by atoms with E-state index in [0.29, 0.717) is 5.75 Å². The number of rotatable bonds is 6. The Kier molecular flexibility index (Phi) is 5.92. The summed E-state index contributed by atoms with van der Waals surface area (Å²) >= 11 is 1.44. The van der Waals surface area contributed by atoms with Gasteiger partial charge in [-0.15, -0.1) is 11.8 Å². The van der Waals surface area contributed by atoms with Gasteiger partial charge >= 0.3 is 0 Å². The molecule has 0 bridgehead atoms. The Hall–Kier alpha value is -2.15. The summed E-state index contributed by atoms with van der Waals surface area (Å²) in [6.07, 6.45) is 0.106. The van der Waals surface area contributed by atoms with Crippen LogP contribution in [0.25, 0.3) is 0 Å². The van der Waals surface area contributed by atoms with Gasteiger partial charge < -0.3 is 10.1 Å². The highest BCUT2D eigenvalue weighted by Gasteiger charge is 2.15. The lowest BCUT2D eigenvalue weighted by Crippen LogP contribution is -2.14. The Balaban J connectivity index is 1.84. The van der Waals surface area contributed by atoms with Gasteiger partial charge in [0.2, 0.25) is 5.91 Å². The van der Waals surface area contributed by atoms with Gasteiger partial charge in [-0.1, -0.05) is 0 Å². The number of carbonyl (C=O) groups is 1. The van der Waals surface area contributed by atoms with Gasteiger partial charge in [0.1, 0.15) is 5.75 Å². The molecule has 0 saturated heterocycles. The normalized spacial score (nSPS) is 10.4. The maximum atomic E-state index is 13.4. The maximum absolute atomic E-state index is 13.4. The molecule has 0 spiro atoms. The van der Waals surface area contributed by atoms with Crippen molar-refractivity contribution in [3.05, 3.63) is 53.8 Å². The fourth-order valence-corrected chi connectivity index (χ4v) is 2.62. The lowest BCUT2D eigenvalue weighted by Gasteiger charge is -2.07. The van der Waals surface area contributed by atoms with Crippen LogP contribution in [0.3, 0.4) is 0 Å². The van der Waals surface area contributed by atoms with Gasteiger partial charge in [-0.05, 0) is 36.4 Å². The largest absolute Gasteiger partial charge is 0.497 e. The fourth-order valence-electron chi connectivity index (χ4n) is 1.77. The molecule has 2 aromatic rings. The molecule has 1 amide bonds. The van der Waals surface area contributed by atoms with Crippen LogP contribution in [0, 0.1) is 17.5 Å². The van der Waals surface area contributed by atoms with Crippen LogP contribution in [0.1, 0.15) is 6.42 Å². The zero-order valence-corrected chi connectivity index (χ0v) is 13.1. The summed E-state index contributed by atoms with van der Waals surface area (Å²) in [6.45, 7) is 0. The first-order valence-corrected chi connectivity index (χ1v) is 7.70. The lowest BCUT2D eigenvalue weighted by molar-refractivity contribution is -0.115. The number of ether oxygens (including phenoxy) is 1. The molecule has 0 aliphatic heterocycles. The Labute approximate surface area is 135 Å². The second-order valence-electron chi connectivity index (χ2n) is 4.55. The summed E-state index contributed by atoms with van der Waals surface area (Å²) in [5.74, 6) is -3.58. The molecule has 7 heteroatoms. The number of hydrogen-bond donors (Lipinski definition) is 1. The van der Waals surface area contributed by atoms with E-state index in [9.17, 15) is 18.0 Å². The van der Waals surface area contributed by atoms with Crippen molar-refractivity contribution >= 4 is 23.4 Å². The molecular weight excluding hydrogens is 327 g/mol. The minimum absolute atomic E-state index is 0.106. The fraction of sp³-hybridized carbons (Fsp3) is 0.188. The van der Waals surface area contributed by atoms with Crippen LogP contribution in [0.15, 0.2) is 41.3 Å². The number of benzene rings is 2. The average Bonchev–Trinajstić information content (AvgIpc) is 2.56. The van der Waals surface area contributed by atoms with Crippen LogP contribution >= 0.6 is 11.8 Å². The van der Waals surface area contributed by atoms with Crippen molar-refractivity contribution in [1.29, 1.82) is 0 Å². The topological polar surface area (TPSA) is 38.3 Å². The van der Waals surface area contributed by atoms with Crippen molar-refractivity contribution in [1.82, 2.24) is 0 Å². The summed E-state index contributed by atoms with van der Waals surface area (Å²) in [7, 11) is 1.57.